The van der Waals surface area contributed by atoms with E-state index in [-0.39, 0.29) is 17.7 Å². The molecule has 7 nitrogen and oxygen atoms in total. The van der Waals surface area contributed by atoms with Gasteiger partial charge >= 0.3 is 0 Å². The molecule has 3 rings (SSSR count). The maximum atomic E-state index is 12.8. The lowest BCUT2D eigenvalue weighted by atomic mass is 9.97. The molecular weight excluding hydrogens is 394 g/mol. The average molecular weight is 426 g/mol. The van der Waals surface area contributed by atoms with Crippen LogP contribution < -0.4 is 15.8 Å². The van der Waals surface area contributed by atoms with E-state index in [9.17, 15) is 9.59 Å². The molecule has 1 aliphatic heterocycles. The third-order valence-electron chi connectivity index (χ3n) is 5.35. The quantitative estimate of drug-likeness (QED) is 0.571. The Bertz CT molecular complexity index is 869. The van der Waals surface area contributed by atoms with Gasteiger partial charge in [-0.3, -0.25) is 14.5 Å². The molecule has 1 heterocycles. The number of likely N-dealkylation sites (tertiary alicyclic amines) is 1. The standard InChI is InChI=1S/C24H31N3O4/c1-2-30-14-15-31-22-8-4-3-7-21(22)24(29)26-20-11-9-18(10-12-20)16-27-13-5-6-19(17-27)23(25)28/h3-4,7-12,19H,2,5-6,13-17H2,1H3,(H2,25,28)(H,26,29). The van der Waals surface area contributed by atoms with E-state index >= 15 is 0 Å². The third kappa shape index (κ3) is 6.80. The van der Waals surface area contributed by atoms with Crippen molar-refractivity contribution in [1.82, 2.24) is 4.90 Å². The monoisotopic (exact) mass is 425 g/mol. The molecule has 0 bridgehead atoms. The highest BCUT2D eigenvalue weighted by atomic mass is 16.5. The Hall–Kier alpha value is -2.90. The number of primary amides is 1. The molecule has 1 atom stereocenters. The summed E-state index contributed by atoms with van der Waals surface area (Å²) in [7, 11) is 0. The van der Waals surface area contributed by atoms with Gasteiger partial charge in [0.2, 0.25) is 5.91 Å². The van der Waals surface area contributed by atoms with Gasteiger partial charge in [0.15, 0.2) is 0 Å². The minimum absolute atomic E-state index is 0.0665. The van der Waals surface area contributed by atoms with Crippen molar-refractivity contribution in [1.29, 1.82) is 0 Å². The Morgan fingerprint density at radius 3 is 2.65 bits per heavy atom. The van der Waals surface area contributed by atoms with Crippen molar-refractivity contribution >= 4 is 17.5 Å². The highest BCUT2D eigenvalue weighted by molar-refractivity contribution is 6.06. The fraction of sp³-hybridized carbons (Fsp3) is 0.417. The zero-order valence-electron chi connectivity index (χ0n) is 18.0. The van der Waals surface area contributed by atoms with Crippen molar-refractivity contribution in [3.8, 4) is 5.75 Å². The van der Waals surface area contributed by atoms with Crippen LogP contribution >= 0.6 is 0 Å². The van der Waals surface area contributed by atoms with Crippen molar-refractivity contribution in [2.24, 2.45) is 11.7 Å². The second-order valence-corrected chi connectivity index (χ2v) is 7.67. The van der Waals surface area contributed by atoms with Crippen LogP contribution in [0.5, 0.6) is 5.75 Å². The van der Waals surface area contributed by atoms with Gasteiger partial charge in [0.25, 0.3) is 5.91 Å². The SMILES string of the molecule is CCOCCOc1ccccc1C(=O)Nc1ccc(CN2CCCC(C(N)=O)C2)cc1. The van der Waals surface area contributed by atoms with Crippen LogP contribution in [0, 0.1) is 5.92 Å². The number of rotatable bonds is 10. The molecular formula is C24H31N3O4. The Labute approximate surface area is 183 Å². The number of anilines is 1. The van der Waals surface area contributed by atoms with Crippen LogP contribution in [0.3, 0.4) is 0 Å². The summed E-state index contributed by atoms with van der Waals surface area (Å²) in [4.78, 5) is 26.5. The minimum atomic E-state index is -0.222. The van der Waals surface area contributed by atoms with Gasteiger partial charge in [-0.05, 0) is 56.1 Å². The molecule has 7 heteroatoms. The molecule has 0 aliphatic carbocycles. The minimum Gasteiger partial charge on any atom is -0.490 e. The van der Waals surface area contributed by atoms with Crippen molar-refractivity contribution in [2.75, 3.05) is 38.2 Å². The molecule has 3 N–H and O–H groups in total. The van der Waals surface area contributed by atoms with Gasteiger partial charge in [0, 0.05) is 25.4 Å². The van der Waals surface area contributed by atoms with Gasteiger partial charge in [-0.25, -0.2) is 0 Å². The number of hydrogen-bond acceptors (Lipinski definition) is 5. The van der Waals surface area contributed by atoms with Crippen molar-refractivity contribution in [3.63, 3.8) is 0 Å². The van der Waals surface area contributed by atoms with Crippen molar-refractivity contribution in [2.45, 2.75) is 26.3 Å². The molecule has 0 aromatic heterocycles. The number of nitrogens with two attached hydrogens (primary N) is 1. The Kier molecular flexibility index (Phi) is 8.44. The predicted molar refractivity (Wildman–Crippen MR) is 120 cm³/mol. The maximum absolute atomic E-state index is 12.8. The molecule has 31 heavy (non-hydrogen) atoms. The molecule has 0 radical (unpaired) electrons. The maximum Gasteiger partial charge on any atom is 0.259 e. The number of amides is 2. The van der Waals surface area contributed by atoms with E-state index in [1.165, 1.54) is 0 Å². The molecule has 0 saturated carbocycles. The van der Waals surface area contributed by atoms with Gasteiger partial charge in [-0.1, -0.05) is 24.3 Å². The summed E-state index contributed by atoms with van der Waals surface area (Å²) >= 11 is 0. The summed E-state index contributed by atoms with van der Waals surface area (Å²) in [5.41, 5.74) is 7.79. The van der Waals surface area contributed by atoms with E-state index in [2.05, 4.69) is 10.2 Å². The van der Waals surface area contributed by atoms with Crippen molar-refractivity contribution < 1.29 is 19.1 Å². The Balaban J connectivity index is 1.56. The van der Waals surface area contributed by atoms with Crippen LogP contribution in [0.15, 0.2) is 48.5 Å². The smallest absolute Gasteiger partial charge is 0.259 e. The zero-order chi connectivity index (χ0) is 22.1. The molecule has 1 fully saturated rings. The number of nitrogens with one attached hydrogen (secondary N) is 1. The lowest BCUT2D eigenvalue weighted by Crippen LogP contribution is -2.40. The highest BCUT2D eigenvalue weighted by Gasteiger charge is 2.23. The number of piperidine rings is 1. The number of ether oxygens (including phenoxy) is 2. The normalized spacial score (nSPS) is 16.6. The fourth-order valence-electron chi connectivity index (χ4n) is 3.72. The van der Waals surface area contributed by atoms with Crippen molar-refractivity contribution in [3.05, 3.63) is 59.7 Å². The second-order valence-electron chi connectivity index (χ2n) is 7.67. The van der Waals surface area contributed by atoms with Gasteiger partial charge in [-0.15, -0.1) is 0 Å². The van der Waals surface area contributed by atoms with E-state index in [1.54, 1.807) is 12.1 Å². The summed E-state index contributed by atoms with van der Waals surface area (Å²) in [6.07, 6.45) is 1.85. The number of carbonyl (C=O) groups is 2. The molecule has 2 amide bonds. The second kappa shape index (κ2) is 11.5. The van der Waals surface area contributed by atoms with Crippen LogP contribution in [0.4, 0.5) is 5.69 Å². The first kappa shape index (κ1) is 22.8. The summed E-state index contributed by atoms with van der Waals surface area (Å²) in [6, 6.07) is 14.9. The van der Waals surface area contributed by atoms with Crippen LogP contribution in [0.1, 0.15) is 35.7 Å². The molecule has 0 spiro atoms. The molecule has 2 aromatic rings. The average Bonchev–Trinajstić information content (AvgIpc) is 2.78. The van der Waals surface area contributed by atoms with Crippen LogP contribution in [0.2, 0.25) is 0 Å². The molecule has 1 unspecified atom stereocenters. The van der Waals surface area contributed by atoms with Gasteiger partial charge < -0.3 is 20.5 Å². The third-order valence-corrected chi connectivity index (χ3v) is 5.35. The summed E-state index contributed by atoms with van der Waals surface area (Å²) in [6.45, 7) is 5.85. The largest absolute Gasteiger partial charge is 0.490 e. The van der Waals surface area contributed by atoms with Crippen LogP contribution in [0.25, 0.3) is 0 Å². The molecule has 1 aliphatic rings. The number of hydrogen-bond donors (Lipinski definition) is 2. The number of carbonyl (C=O) groups excluding carboxylic acids is 2. The summed E-state index contributed by atoms with van der Waals surface area (Å²) in [5, 5.41) is 2.93. The van der Waals surface area contributed by atoms with E-state index in [0.717, 1.165) is 31.5 Å². The molecule has 1 saturated heterocycles. The van der Waals surface area contributed by atoms with E-state index in [1.807, 2.05) is 43.3 Å². The first-order valence-corrected chi connectivity index (χ1v) is 10.8. The first-order chi connectivity index (χ1) is 15.1. The van der Waals surface area contributed by atoms with Gasteiger partial charge in [-0.2, -0.15) is 0 Å². The fourth-order valence-corrected chi connectivity index (χ4v) is 3.72. The topological polar surface area (TPSA) is 93.9 Å². The van der Waals surface area contributed by atoms with Crippen LogP contribution in [-0.4, -0.2) is 49.6 Å². The van der Waals surface area contributed by atoms with E-state index in [0.29, 0.717) is 43.4 Å². The van der Waals surface area contributed by atoms with Gasteiger partial charge in [0.05, 0.1) is 18.1 Å². The van der Waals surface area contributed by atoms with E-state index in [4.69, 9.17) is 15.2 Å². The molecule has 166 valence electrons. The number of benzene rings is 2. The number of para-hydroxylation sites is 1. The summed E-state index contributed by atoms with van der Waals surface area (Å²) in [5.74, 6) is 0.0264. The Morgan fingerprint density at radius 1 is 1.13 bits per heavy atom. The number of nitrogens with zero attached hydrogens (tertiary/aromatic N) is 1. The summed E-state index contributed by atoms with van der Waals surface area (Å²) < 4.78 is 11.0. The van der Waals surface area contributed by atoms with Gasteiger partial charge in [0.1, 0.15) is 12.4 Å². The lowest BCUT2D eigenvalue weighted by Gasteiger charge is -2.31. The first-order valence-electron chi connectivity index (χ1n) is 10.8. The zero-order valence-corrected chi connectivity index (χ0v) is 18.0. The lowest BCUT2D eigenvalue weighted by molar-refractivity contribution is -0.123. The highest BCUT2D eigenvalue weighted by Crippen LogP contribution is 2.21. The predicted octanol–water partition coefficient (Wildman–Crippen LogP) is 3.05. The van der Waals surface area contributed by atoms with Crippen LogP contribution in [-0.2, 0) is 16.1 Å². The molecule has 2 aromatic carbocycles. The van der Waals surface area contributed by atoms with E-state index < -0.39 is 0 Å². The Morgan fingerprint density at radius 2 is 1.90 bits per heavy atom.